The molecule has 1 heterocycles. The summed E-state index contributed by atoms with van der Waals surface area (Å²) >= 11 is 0. The standard InChI is InChI=1S/C14H21FN2.ClH/c1-10-5-14(15)4-3-13(10)9-17-8-12(7-16)6-11(17)2;/h3-5,11-12H,6-9,16H2,1-2H3;1H. The molecule has 4 heteroatoms. The summed E-state index contributed by atoms with van der Waals surface area (Å²) in [7, 11) is 0. The first kappa shape index (κ1) is 15.4. The van der Waals surface area contributed by atoms with Crippen molar-refractivity contribution in [2.24, 2.45) is 11.7 Å². The summed E-state index contributed by atoms with van der Waals surface area (Å²) < 4.78 is 13.0. The van der Waals surface area contributed by atoms with Crippen molar-refractivity contribution in [3.63, 3.8) is 0 Å². The fourth-order valence-corrected chi connectivity index (χ4v) is 2.66. The summed E-state index contributed by atoms with van der Waals surface area (Å²) in [5.41, 5.74) is 7.98. The Bertz CT molecular complexity index is 397. The van der Waals surface area contributed by atoms with E-state index in [2.05, 4.69) is 11.8 Å². The second-order valence-electron chi connectivity index (χ2n) is 5.19. The summed E-state index contributed by atoms with van der Waals surface area (Å²) in [6, 6.07) is 5.63. The Morgan fingerprint density at radius 1 is 1.44 bits per heavy atom. The molecule has 1 aliphatic rings. The molecule has 1 aliphatic heterocycles. The molecule has 0 bridgehead atoms. The first-order valence-electron chi connectivity index (χ1n) is 6.29. The molecule has 18 heavy (non-hydrogen) atoms. The third-order valence-electron chi connectivity index (χ3n) is 3.80. The van der Waals surface area contributed by atoms with E-state index in [1.165, 1.54) is 12.0 Å². The molecule has 2 N–H and O–H groups in total. The van der Waals surface area contributed by atoms with Crippen molar-refractivity contribution in [1.82, 2.24) is 4.90 Å². The lowest BCUT2D eigenvalue weighted by Crippen LogP contribution is -2.27. The van der Waals surface area contributed by atoms with Gasteiger partial charge in [0.2, 0.25) is 0 Å². The molecule has 1 fully saturated rings. The van der Waals surface area contributed by atoms with E-state index in [0.29, 0.717) is 12.0 Å². The number of aryl methyl sites for hydroxylation is 1. The van der Waals surface area contributed by atoms with E-state index < -0.39 is 0 Å². The first-order valence-corrected chi connectivity index (χ1v) is 6.29. The fraction of sp³-hybridized carbons (Fsp3) is 0.571. The van der Waals surface area contributed by atoms with Gasteiger partial charge >= 0.3 is 0 Å². The van der Waals surface area contributed by atoms with Crippen LogP contribution >= 0.6 is 12.4 Å². The fourth-order valence-electron chi connectivity index (χ4n) is 2.66. The van der Waals surface area contributed by atoms with Crippen LogP contribution in [0.5, 0.6) is 0 Å². The number of hydrogen-bond acceptors (Lipinski definition) is 2. The van der Waals surface area contributed by atoms with Gasteiger partial charge in [0.05, 0.1) is 0 Å². The Hall–Kier alpha value is -0.640. The first-order chi connectivity index (χ1) is 8.10. The van der Waals surface area contributed by atoms with Crippen LogP contribution in [0.3, 0.4) is 0 Å². The smallest absolute Gasteiger partial charge is 0.123 e. The van der Waals surface area contributed by atoms with Crippen LogP contribution in [0.25, 0.3) is 0 Å². The van der Waals surface area contributed by atoms with Crippen LogP contribution in [0, 0.1) is 18.7 Å². The van der Waals surface area contributed by atoms with Crippen LogP contribution in [-0.4, -0.2) is 24.0 Å². The maximum Gasteiger partial charge on any atom is 0.123 e. The molecule has 2 nitrogen and oxygen atoms in total. The largest absolute Gasteiger partial charge is 0.330 e. The van der Waals surface area contributed by atoms with Gasteiger partial charge in [-0.1, -0.05) is 6.07 Å². The molecule has 0 aliphatic carbocycles. The number of nitrogens with zero attached hydrogens (tertiary/aromatic N) is 1. The summed E-state index contributed by atoms with van der Waals surface area (Å²) in [5, 5.41) is 0. The topological polar surface area (TPSA) is 29.3 Å². The van der Waals surface area contributed by atoms with Gasteiger partial charge < -0.3 is 5.73 Å². The highest BCUT2D eigenvalue weighted by atomic mass is 35.5. The molecule has 1 saturated heterocycles. The Kier molecular flexibility index (Phi) is 5.57. The highest BCUT2D eigenvalue weighted by Crippen LogP contribution is 2.25. The lowest BCUT2D eigenvalue weighted by Gasteiger charge is -2.22. The second-order valence-corrected chi connectivity index (χ2v) is 5.19. The normalized spacial score (nSPS) is 24.0. The van der Waals surface area contributed by atoms with E-state index in [1.54, 1.807) is 12.1 Å². The third kappa shape index (κ3) is 3.44. The maximum atomic E-state index is 13.0. The van der Waals surface area contributed by atoms with Gasteiger partial charge in [0, 0.05) is 19.1 Å². The maximum absolute atomic E-state index is 13.0. The summed E-state index contributed by atoms with van der Waals surface area (Å²) in [6.07, 6.45) is 1.18. The summed E-state index contributed by atoms with van der Waals surface area (Å²) in [4.78, 5) is 2.44. The predicted octanol–water partition coefficient (Wildman–Crippen LogP) is 2.73. The molecule has 0 aromatic heterocycles. The molecule has 2 rings (SSSR count). The van der Waals surface area contributed by atoms with Crippen molar-refractivity contribution >= 4 is 12.4 Å². The Morgan fingerprint density at radius 2 is 2.17 bits per heavy atom. The average Bonchev–Trinajstić information content (AvgIpc) is 2.64. The second kappa shape index (κ2) is 6.50. The van der Waals surface area contributed by atoms with Gasteiger partial charge in [-0.05, 0) is 56.0 Å². The van der Waals surface area contributed by atoms with Crippen LogP contribution in [0.4, 0.5) is 4.39 Å². The summed E-state index contributed by atoms with van der Waals surface area (Å²) in [5.74, 6) is 0.464. The van der Waals surface area contributed by atoms with E-state index in [0.717, 1.165) is 25.2 Å². The number of nitrogens with two attached hydrogens (primary N) is 1. The van der Waals surface area contributed by atoms with Crippen molar-refractivity contribution in [3.8, 4) is 0 Å². The highest BCUT2D eigenvalue weighted by molar-refractivity contribution is 5.85. The van der Waals surface area contributed by atoms with Crippen LogP contribution in [0.2, 0.25) is 0 Å². The number of likely N-dealkylation sites (tertiary alicyclic amines) is 1. The summed E-state index contributed by atoms with van der Waals surface area (Å²) in [6.45, 7) is 6.95. The number of rotatable bonds is 3. The minimum Gasteiger partial charge on any atom is -0.330 e. The lowest BCUT2D eigenvalue weighted by atomic mass is 10.1. The van der Waals surface area contributed by atoms with Gasteiger partial charge in [0.25, 0.3) is 0 Å². The number of halogens is 2. The van der Waals surface area contributed by atoms with Crippen LogP contribution in [0.15, 0.2) is 18.2 Å². The van der Waals surface area contributed by atoms with E-state index >= 15 is 0 Å². The van der Waals surface area contributed by atoms with Crippen molar-refractivity contribution in [2.45, 2.75) is 32.9 Å². The Balaban J connectivity index is 0.00000162. The molecule has 1 aromatic rings. The minimum atomic E-state index is -0.152. The van der Waals surface area contributed by atoms with Gasteiger partial charge in [0.1, 0.15) is 5.82 Å². The molecule has 0 spiro atoms. The van der Waals surface area contributed by atoms with Crippen LogP contribution < -0.4 is 5.73 Å². The van der Waals surface area contributed by atoms with E-state index in [-0.39, 0.29) is 18.2 Å². The zero-order valence-corrected chi connectivity index (χ0v) is 11.8. The Morgan fingerprint density at radius 3 is 2.72 bits per heavy atom. The molecule has 2 unspecified atom stereocenters. The zero-order valence-electron chi connectivity index (χ0n) is 11.0. The molecular formula is C14H22ClFN2. The van der Waals surface area contributed by atoms with Crippen molar-refractivity contribution in [3.05, 3.63) is 35.1 Å². The SMILES string of the molecule is Cc1cc(F)ccc1CN1CC(CN)CC1C.Cl. The Labute approximate surface area is 115 Å². The molecule has 0 radical (unpaired) electrons. The van der Waals surface area contributed by atoms with Crippen LogP contribution in [-0.2, 0) is 6.54 Å². The van der Waals surface area contributed by atoms with Gasteiger partial charge in [-0.2, -0.15) is 0 Å². The van der Waals surface area contributed by atoms with Gasteiger partial charge in [-0.25, -0.2) is 4.39 Å². The van der Waals surface area contributed by atoms with E-state index in [1.807, 2.05) is 13.0 Å². The average molecular weight is 273 g/mol. The van der Waals surface area contributed by atoms with Crippen molar-refractivity contribution in [2.75, 3.05) is 13.1 Å². The number of hydrogen-bond donors (Lipinski definition) is 1. The molecule has 102 valence electrons. The number of benzene rings is 1. The van der Waals surface area contributed by atoms with E-state index in [9.17, 15) is 4.39 Å². The molecule has 0 saturated carbocycles. The molecule has 1 aromatic carbocycles. The monoisotopic (exact) mass is 272 g/mol. The van der Waals surface area contributed by atoms with Gasteiger partial charge in [-0.15, -0.1) is 12.4 Å². The molecular weight excluding hydrogens is 251 g/mol. The molecule has 0 amide bonds. The van der Waals surface area contributed by atoms with Crippen LogP contribution in [0.1, 0.15) is 24.5 Å². The predicted molar refractivity (Wildman–Crippen MR) is 75.4 cm³/mol. The van der Waals surface area contributed by atoms with Gasteiger partial charge in [0.15, 0.2) is 0 Å². The molecule has 2 atom stereocenters. The third-order valence-corrected chi connectivity index (χ3v) is 3.80. The quantitative estimate of drug-likeness (QED) is 0.917. The zero-order chi connectivity index (χ0) is 12.4. The lowest BCUT2D eigenvalue weighted by molar-refractivity contribution is 0.255. The minimum absolute atomic E-state index is 0. The van der Waals surface area contributed by atoms with E-state index in [4.69, 9.17) is 5.73 Å². The van der Waals surface area contributed by atoms with Crippen molar-refractivity contribution in [1.29, 1.82) is 0 Å². The van der Waals surface area contributed by atoms with Crippen molar-refractivity contribution < 1.29 is 4.39 Å². The highest BCUT2D eigenvalue weighted by Gasteiger charge is 2.28. The van der Waals surface area contributed by atoms with Gasteiger partial charge in [-0.3, -0.25) is 4.90 Å².